The van der Waals surface area contributed by atoms with E-state index >= 15 is 0 Å². The highest BCUT2D eigenvalue weighted by atomic mass is 16.3. The molecule has 0 aliphatic carbocycles. The number of hydrogen-bond donors (Lipinski definition) is 3. The molecular formula is C19H25N5O2. The van der Waals surface area contributed by atoms with Crippen LogP contribution in [0.3, 0.4) is 0 Å². The number of nitrogens with zero attached hydrogens (tertiary/aromatic N) is 2. The predicted octanol–water partition coefficient (Wildman–Crippen LogP) is 1.71. The summed E-state index contributed by atoms with van der Waals surface area (Å²) in [5, 5.41) is 6.68. The van der Waals surface area contributed by atoms with Crippen LogP contribution in [0.4, 0.5) is 5.69 Å². The number of benzene rings is 1. The summed E-state index contributed by atoms with van der Waals surface area (Å²) in [5.41, 5.74) is 6.45. The molecule has 0 saturated carbocycles. The number of aliphatic imine (C=N–C) groups is 1. The monoisotopic (exact) mass is 355 g/mol. The van der Waals surface area contributed by atoms with E-state index in [2.05, 4.69) is 44.8 Å². The van der Waals surface area contributed by atoms with Crippen molar-refractivity contribution < 1.29 is 9.21 Å². The number of hydrogen-bond acceptors (Lipinski definition) is 4. The number of piperidine rings is 1. The zero-order valence-corrected chi connectivity index (χ0v) is 14.9. The molecule has 1 saturated heterocycles. The summed E-state index contributed by atoms with van der Waals surface area (Å²) in [6.07, 6.45) is 2.22. The number of primary amides is 1. The van der Waals surface area contributed by atoms with Crippen LogP contribution in [0.25, 0.3) is 0 Å². The van der Waals surface area contributed by atoms with Gasteiger partial charge in [-0.1, -0.05) is 18.2 Å². The number of carbonyl (C=O) groups is 1. The molecule has 1 unspecified atom stereocenters. The van der Waals surface area contributed by atoms with Crippen molar-refractivity contribution in [2.75, 3.05) is 25.0 Å². The molecule has 0 spiro atoms. The molecule has 1 atom stereocenters. The van der Waals surface area contributed by atoms with Gasteiger partial charge in [0.05, 0.1) is 6.54 Å². The third-order valence-electron chi connectivity index (χ3n) is 4.44. The van der Waals surface area contributed by atoms with Crippen LogP contribution in [0, 0.1) is 0 Å². The van der Waals surface area contributed by atoms with Crippen molar-refractivity contribution in [2.24, 2.45) is 10.7 Å². The molecule has 138 valence electrons. The van der Waals surface area contributed by atoms with Gasteiger partial charge in [-0.2, -0.15) is 0 Å². The van der Waals surface area contributed by atoms with E-state index in [4.69, 9.17) is 10.2 Å². The minimum absolute atomic E-state index is 0.163. The van der Waals surface area contributed by atoms with E-state index in [1.165, 1.54) is 5.69 Å². The topological polar surface area (TPSA) is 95.9 Å². The summed E-state index contributed by atoms with van der Waals surface area (Å²) >= 11 is 0. The third-order valence-corrected chi connectivity index (χ3v) is 4.44. The van der Waals surface area contributed by atoms with Crippen LogP contribution in [-0.4, -0.2) is 38.0 Å². The highest BCUT2D eigenvalue weighted by molar-refractivity contribution is 5.89. The van der Waals surface area contributed by atoms with E-state index in [1.807, 2.05) is 6.07 Å². The maximum Gasteiger partial charge on any atom is 0.284 e. The Morgan fingerprint density at radius 3 is 2.81 bits per heavy atom. The fraction of sp³-hybridized carbons (Fsp3) is 0.368. The minimum atomic E-state index is -0.568. The van der Waals surface area contributed by atoms with Crippen molar-refractivity contribution >= 4 is 17.6 Å². The summed E-state index contributed by atoms with van der Waals surface area (Å²) in [5.74, 6) is 0.940. The molecule has 7 nitrogen and oxygen atoms in total. The van der Waals surface area contributed by atoms with Crippen LogP contribution in [-0.2, 0) is 6.54 Å². The highest BCUT2D eigenvalue weighted by Gasteiger charge is 2.21. The molecule has 1 fully saturated rings. The van der Waals surface area contributed by atoms with Crippen LogP contribution in [0.1, 0.15) is 29.2 Å². The second kappa shape index (κ2) is 8.42. The Labute approximate surface area is 153 Å². The van der Waals surface area contributed by atoms with E-state index < -0.39 is 5.91 Å². The van der Waals surface area contributed by atoms with Crippen LogP contribution in [0.5, 0.6) is 0 Å². The summed E-state index contributed by atoms with van der Waals surface area (Å²) in [7, 11) is 1.74. The van der Waals surface area contributed by atoms with Gasteiger partial charge in [0, 0.05) is 31.9 Å². The number of carbonyl (C=O) groups excluding carboxylic acids is 1. The fourth-order valence-electron chi connectivity index (χ4n) is 3.13. The average Bonchev–Trinajstić information content (AvgIpc) is 3.15. The first-order chi connectivity index (χ1) is 12.7. The van der Waals surface area contributed by atoms with Gasteiger partial charge in [0.15, 0.2) is 11.7 Å². The van der Waals surface area contributed by atoms with E-state index in [0.717, 1.165) is 25.9 Å². The SMILES string of the molecule is CN=C(NCc1ccc(C(N)=O)o1)NC1CCCN(c2ccccc2)C1. The molecule has 4 N–H and O–H groups in total. The van der Waals surface area contributed by atoms with E-state index in [9.17, 15) is 4.79 Å². The molecule has 26 heavy (non-hydrogen) atoms. The van der Waals surface area contributed by atoms with Crippen molar-refractivity contribution in [2.45, 2.75) is 25.4 Å². The number of guanidine groups is 1. The Bertz CT molecular complexity index is 756. The van der Waals surface area contributed by atoms with Crippen molar-refractivity contribution in [3.63, 3.8) is 0 Å². The molecule has 2 aromatic rings. The van der Waals surface area contributed by atoms with Gasteiger partial charge in [0.2, 0.25) is 0 Å². The van der Waals surface area contributed by atoms with Gasteiger partial charge < -0.3 is 25.7 Å². The number of nitrogens with two attached hydrogens (primary N) is 1. The number of amides is 1. The summed E-state index contributed by atoms with van der Waals surface area (Å²) < 4.78 is 5.38. The number of anilines is 1. The largest absolute Gasteiger partial charge is 0.454 e. The van der Waals surface area contributed by atoms with Gasteiger partial charge in [-0.25, -0.2) is 0 Å². The maximum absolute atomic E-state index is 11.1. The maximum atomic E-state index is 11.1. The lowest BCUT2D eigenvalue weighted by Crippen LogP contribution is -2.51. The summed E-state index contributed by atoms with van der Waals surface area (Å²) in [6, 6.07) is 14.1. The van der Waals surface area contributed by atoms with Crippen LogP contribution < -0.4 is 21.3 Å². The van der Waals surface area contributed by atoms with E-state index in [1.54, 1.807) is 19.2 Å². The number of rotatable bonds is 5. The Hall–Kier alpha value is -2.96. The molecular weight excluding hydrogens is 330 g/mol. The van der Waals surface area contributed by atoms with Gasteiger partial charge in [0.1, 0.15) is 5.76 Å². The second-order valence-corrected chi connectivity index (χ2v) is 6.32. The number of nitrogens with one attached hydrogen (secondary N) is 2. The first kappa shape index (κ1) is 17.8. The molecule has 2 heterocycles. The summed E-state index contributed by atoms with van der Waals surface area (Å²) in [4.78, 5) is 17.8. The smallest absolute Gasteiger partial charge is 0.284 e. The highest BCUT2D eigenvalue weighted by Crippen LogP contribution is 2.19. The lowest BCUT2D eigenvalue weighted by Gasteiger charge is -2.35. The van der Waals surface area contributed by atoms with Crippen molar-refractivity contribution in [3.05, 3.63) is 54.0 Å². The molecule has 1 aliphatic rings. The van der Waals surface area contributed by atoms with E-state index in [0.29, 0.717) is 24.3 Å². The lowest BCUT2D eigenvalue weighted by molar-refractivity contribution is 0.0972. The zero-order valence-electron chi connectivity index (χ0n) is 14.9. The molecule has 0 bridgehead atoms. The Balaban J connectivity index is 1.53. The normalized spacial score (nSPS) is 17.8. The van der Waals surface area contributed by atoms with Crippen molar-refractivity contribution in [1.29, 1.82) is 0 Å². The van der Waals surface area contributed by atoms with Crippen LogP contribution in [0.15, 0.2) is 51.9 Å². The van der Waals surface area contributed by atoms with Gasteiger partial charge in [-0.15, -0.1) is 0 Å². The molecule has 7 heteroatoms. The Kier molecular flexibility index (Phi) is 5.78. The van der Waals surface area contributed by atoms with Crippen molar-refractivity contribution in [3.8, 4) is 0 Å². The standard InChI is InChI=1S/C19H25N5O2/c1-21-19(22-12-16-9-10-17(26-16)18(20)25)23-14-6-5-11-24(13-14)15-7-3-2-4-8-15/h2-4,7-10,14H,5-6,11-13H2,1H3,(H2,20,25)(H2,21,22,23). The first-order valence-electron chi connectivity index (χ1n) is 8.81. The van der Waals surface area contributed by atoms with Crippen molar-refractivity contribution in [1.82, 2.24) is 10.6 Å². The molecule has 1 amide bonds. The minimum Gasteiger partial charge on any atom is -0.454 e. The van der Waals surface area contributed by atoms with Gasteiger partial charge >= 0.3 is 0 Å². The zero-order chi connectivity index (χ0) is 18.4. The Morgan fingerprint density at radius 1 is 1.31 bits per heavy atom. The van der Waals surface area contributed by atoms with Gasteiger partial charge in [0.25, 0.3) is 5.91 Å². The van der Waals surface area contributed by atoms with E-state index in [-0.39, 0.29) is 5.76 Å². The molecule has 1 aromatic heterocycles. The molecule has 1 aromatic carbocycles. The average molecular weight is 355 g/mol. The number of para-hydroxylation sites is 1. The summed E-state index contributed by atoms with van der Waals surface area (Å²) in [6.45, 7) is 2.43. The predicted molar refractivity (Wildman–Crippen MR) is 102 cm³/mol. The van der Waals surface area contributed by atoms with Crippen LogP contribution in [0.2, 0.25) is 0 Å². The number of furan rings is 1. The Morgan fingerprint density at radius 2 is 2.12 bits per heavy atom. The molecule has 1 aliphatic heterocycles. The lowest BCUT2D eigenvalue weighted by atomic mass is 10.1. The molecule has 3 rings (SSSR count). The fourth-order valence-corrected chi connectivity index (χ4v) is 3.13. The van der Waals surface area contributed by atoms with Gasteiger partial charge in [-0.3, -0.25) is 9.79 Å². The third kappa shape index (κ3) is 4.56. The quantitative estimate of drug-likeness (QED) is 0.561. The molecule has 0 radical (unpaired) electrons. The van der Waals surface area contributed by atoms with Crippen LogP contribution >= 0.6 is 0 Å². The first-order valence-corrected chi connectivity index (χ1v) is 8.81. The van der Waals surface area contributed by atoms with Gasteiger partial charge in [-0.05, 0) is 37.1 Å². The second-order valence-electron chi connectivity index (χ2n) is 6.32.